The van der Waals surface area contributed by atoms with Gasteiger partial charge in [-0.2, -0.15) is 0 Å². The van der Waals surface area contributed by atoms with Gasteiger partial charge in [0.1, 0.15) is 0 Å². The highest BCUT2D eigenvalue weighted by atomic mass is 32.2. The fraction of sp³-hybridized carbons (Fsp3) is 0.0233. The van der Waals surface area contributed by atoms with Crippen LogP contribution in [-0.2, 0) is 10.0 Å². The van der Waals surface area contributed by atoms with Crippen LogP contribution in [0.3, 0.4) is 0 Å². The molecule has 0 aliphatic rings. The number of hydrogen-bond acceptors (Lipinski definition) is 2. The van der Waals surface area contributed by atoms with E-state index in [0.717, 1.165) is 60.5 Å². The fourth-order valence-electron chi connectivity index (χ4n) is 7.82. The number of hydrogen-bond donors (Lipinski definition) is 0. The minimum atomic E-state index is -4.00. The van der Waals surface area contributed by atoms with Crippen molar-refractivity contribution in [1.82, 2.24) is 13.1 Å². The summed E-state index contributed by atoms with van der Waals surface area (Å²) in [5, 5.41) is 6.33. The SMILES string of the molecule is Cc1ccc(S(=O)(=O)n2c3ccccc3c3cccc(-n4c5ccccc5c5cccc(-n6c7ccccc7c7ccccc76)c54)c32)cc1. The average molecular weight is 652 g/mol. The van der Waals surface area contributed by atoms with Gasteiger partial charge in [-0.05, 0) is 55.5 Å². The van der Waals surface area contributed by atoms with Crippen molar-refractivity contribution in [2.75, 3.05) is 0 Å². The van der Waals surface area contributed by atoms with Crippen molar-refractivity contribution in [3.63, 3.8) is 0 Å². The summed E-state index contributed by atoms with van der Waals surface area (Å²) in [7, 11) is -4.00. The van der Waals surface area contributed by atoms with Crippen LogP contribution in [0.2, 0.25) is 0 Å². The number of aryl methyl sites for hydroxylation is 1. The molecule has 0 aliphatic carbocycles. The molecule has 0 unspecified atom stereocenters. The topological polar surface area (TPSA) is 48.9 Å². The number of nitrogens with zero attached hydrogens (tertiary/aromatic N) is 3. The lowest BCUT2D eigenvalue weighted by atomic mass is 10.1. The number of rotatable bonds is 4. The number of aromatic nitrogens is 3. The lowest BCUT2D eigenvalue weighted by Crippen LogP contribution is -2.14. The van der Waals surface area contributed by atoms with Gasteiger partial charge >= 0.3 is 0 Å². The maximum Gasteiger partial charge on any atom is 0.268 e. The Morgan fingerprint density at radius 2 is 0.796 bits per heavy atom. The molecule has 0 amide bonds. The largest absolute Gasteiger partial charge is 0.307 e. The predicted octanol–water partition coefficient (Wildman–Crippen LogP) is 10.5. The van der Waals surface area contributed by atoms with Gasteiger partial charge in [0, 0.05) is 32.3 Å². The molecule has 10 rings (SSSR count). The summed E-state index contributed by atoms with van der Waals surface area (Å²) in [4.78, 5) is 0.253. The minimum Gasteiger partial charge on any atom is -0.307 e. The monoisotopic (exact) mass is 651 g/mol. The second kappa shape index (κ2) is 10.2. The molecule has 10 aromatic rings. The van der Waals surface area contributed by atoms with Crippen LogP contribution in [-0.4, -0.2) is 21.5 Å². The van der Waals surface area contributed by atoms with Gasteiger partial charge in [0.2, 0.25) is 0 Å². The molecule has 0 atom stereocenters. The van der Waals surface area contributed by atoms with Crippen molar-refractivity contribution in [3.05, 3.63) is 163 Å². The van der Waals surface area contributed by atoms with Crippen LogP contribution in [0.25, 0.3) is 76.8 Å². The van der Waals surface area contributed by atoms with Crippen LogP contribution in [0, 0.1) is 6.92 Å². The number of benzene rings is 7. The van der Waals surface area contributed by atoms with E-state index in [1.807, 2.05) is 55.5 Å². The normalized spacial score (nSPS) is 12.3. The number of para-hydroxylation sites is 6. The highest BCUT2D eigenvalue weighted by Crippen LogP contribution is 2.42. The van der Waals surface area contributed by atoms with Crippen molar-refractivity contribution >= 4 is 75.4 Å². The zero-order valence-electron chi connectivity index (χ0n) is 26.6. The van der Waals surface area contributed by atoms with Crippen LogP contribution >= 0.6 is 0 Å². The van der Waals surface area contributed by atoms with Gasteiger partial charge in [-0.25, -0.2) is 12.4 Å². The Balaban J connectivity index is 1.41. The van der Waals surface area contributed by atoms with Gasteiger partial charge in [-0.15, -0.1) is 0 Å². The van der Waals surface area contributed by atoms with Crippen molar-refractivity contribution < 1.29 is 8.42 Å². The molecule has 0 aliphatic heterocycles. The van der Waals surface area contributed by atoms with Gasteiger partial charge in [-0.3, -0.25) is 0 Å². The minimum absolute atomic E-state index is 0.253. The van der Waals surface area contributed by atoms with Gasteiger partial charge in [-0.1, -0.05) is 115 Å². The van der Waals surface area contributed by atoms with Crippen molar-refractivity contribution in [2.24, 2.45) is 0 Å². The maximum atomic E-state index is 14.8. The summed E-state index contributed by atoms with van der Waals surface area (Å²) >= 11 is 0. The first-order valence-corrected chi connectivity index (χ1v) is 17.8. The van der Waals surface area contributed by atoms with E-state index in [4.69, 9.17) is 0 Å². The molecule has 6 heteroatoms. The van der Waals surface area contributed by atoms with Crippen LogP contribution in [0.1, 0.15) is 5.56 Å². The summed E-state index contributed by atoms with van der Waals surface area (Å²) in [5.41, 5.74) is 8.35. The van der Waals surface area contributed by atoms with Crippen LogP contribution in [0.4, 0.5) is 0 Å². The van der Waals surface area contributed by atoms with Gasteiger partial charge < -0.3 is 9.13 Å². The van der Waals surface area contributed by atoms with E-state index in [-0.39, 0.29) is 4.90 Å². The average Bonchev–Trinajstić information content (AvgIpc) is 3.78. The van der Waals surface area contributed by atoms with E-state index in [9.17, 15) is 8.42 Å². The van der Waals surface area contributed by atoms with E-state index in [2.05, 4.69) is 106 Å². The number of fused-ring (bicyclic) bond motifs is 9. The van der Waals surface area contributed by atoms with Crippen LogP contribution in [0.5, 0.6) is 0 Å². The second-order valence-corrected chi connectivity index (χ2v) is 14.5. The predicted molar refractivity (Wildman–Crippen MR) is 202 cm³/mol. The quantitative estimate of drug-likeness (QED) is 0.190. The Bertz CT molecular complexity index is 3020. The van der Waals surface area contributed by atoms with E-state index in [0.29, 0.717) is 11.0 Å². The Labute approximate surface area is 282 Å². The molecule has 0 N–H and O–H groups in total. The molecule has 234 valence electrons. The lowest BCUT2D eigenvalue weighted by Gasteiger charge is -2.17. The van der Waals surface area contributed by atoms with E-state index in [1.54, 1.807) is 16.1 Å². The van der Waals surface area contributed by atoms with Crippen molar-refractivity contribution in [3.8, 4) is 11.4 Å². The standard InChI is InChI=1S/C43H29N3O2S/c1-28-24-26-29(27-25-28)49(47,48)46-39-21-9-5-15-33(39)35-17-11-23-41(43(35)46)45-38-20-8-4-14-32(38)34-16-10-22-40(42(34)45)44-36-18-6-2-12-30(36)31-13-3-7-19-37(31)44/h2-27H,1H3. The zero-order valence-corrected chi connectivity index (χ0v) is 27.4. The third-order valence-corrected chi connectivity index (χ3v) is 11.7. The van der Waals surface area contributed by atoms with Crippen LogP contribution < -0.4 is 0 Å². The molecule has 0 fully saturated rings. The molecule has 5 nitrogen and oxygen atoms in total. The third-order valence-electron chi connectivity index (χ3n) is 9.93. The smallest absolute Gasteiger partial charge is 0.268 e. The summed E-state index contributed by atoms with van der Waals surface area (Å²) in [6.45, 7) is 1.96. The molecule has 3 heterocycles. The molecule has 0 radical (unpaired) electrons. The van der Waals surface area contributed by atoms with Crippen molar-refractivity contribution in [2.45, 2.75) is 11.8 Å². The third kappa shape index (κ3) is 3.83. The molecule has 3 aromatic heterocycles. The fourth-order valence-corrected chi connectivity index (χ4v) is 9.36. The van der Waals surface area contributed by atoms with E-state index >= 15 is 0 Å². The molecule has 0 saturated carbocycles. The van der Waals surface area contributed by atoms with Crippen molar-refractivity contribution in [1.29, 1.82) is 0 Å². The summed E-state index contributed by atoms with van der Waals surface area (Å²) in [6, 6.07) is 53.0. The Morgan fingerprint density at radius 3 is 1.37 bits per heavy atom. The van der Waals surface area contributed by atoms with Gasteiger partial charge in [0.05, 0.1) is 49.4 Å². The molecule has 0 bridgehead atoms. The highest BCUT2D eigenvalue weighted by Gasteiger charge is 2.27. The van der Waals surface area contributed by atoms with Gasteiger partial charge in [0.25, 0.3) is 10.0 Å². The molecular formula is C43H29N3O2S. The Kier molecular flexibility index (Phi) is 5.82. The summed E-state index contributed by atoms with van der Waals surface area (Å²) in [5.74, 6) is 0. The molecule has 0 spiro atoms. The molecular weight excluding hydrogens is 623 g/mol. The van der Waals surface area contributed by atoms with E-state index in [1.165, 1.54) is 10.8 Å². The van der Waals surface area contributed by atoms with Gasteiger partial charge in [0.15, 0.2) is 0 Å². The first-order chi connectivity index (χ1) is 24.0. The maximum absolute atomic E-state index is 14.8. The molecule has 49 heavy (non-hydrogen) atoms. The lowest BCUT2D eigenvalue weighted by molar-refractivity contribution is 0.590. The van der Waals surface area contributed by atoms with Crippen LogP contribution in [0.15, 0.2) is 163 Å². The van der Waals surface area contributed by atoms with E-state index < -0.39 is 10.0 Å². The summed E-state index contributed by atoms with van der Waals surface area (Å²) < 4.78 is 35.7. The zero-order chi connectivity index (χ0) is 32.9. The highest BCUT2D eigenvalue weighted by molar-refractivity contribution is 7.90. The Hall–Kier alpha value is -6.11. The summed E-state index contributed by atoms with van der Waals surface area (Å²) in [6.07, 6.45) is 0. The second-order valence-electron chi connectivity index (χ2n) is 12.7. The first kappa shape index (κ1) is 28.0. The Morgan fingerprint density at radius 1 is 0.388 bits per heavy atom. The first-order valence-electron chi connectivity index (χ1n) is 16.4. The molecule has 7 aromatic carbocycles. The molecule has 0 saturated heterocycles.